The molecule has 2 aromatic heterocycles. The van der Waals surface area contributed by atoms with E-state index in [4.69, 9.17) is 0 Å². The Labute approximate surface area is 133 Å². The lowest BCUT2D eigenvalue weighted by atomic mass is 10.2. The largest absolute Gasteiger partial charge is 0.314 e. The molecule has 114 valence electrons. The Balaban J connectivity index is 2.18. The number of aromatic nitrogens is 2. The van der Waals surface area contributed by atoms with Gasteiger partial charge in [-0.15, -0.1) is 11.3 Å². The molecule has 5 nitrogen and oxygen atoms in total. The summed E-state index contributed by atoms with van der Waals surface area (Å²) >= 11 is 1.20. The van der Waals surface area contributed by atoms with Gasteiger partial charge in [0.05, 0.1) is 5.69 Å². The van der Waals surface area contributed by atoms with Gasteiger partial charge in [0.1, 0.15) is 4.21 Å². The van der Waals surface area contributed by atoms with Crippen LogP contribution in [0.15, 0.2) is 58.3 Å². The van der Waals surface area contributed by atoms with Gasteiger partial charge in [0.2, 0.25) is 0 Å². The van der Waals surface area contributed by atoms with Gasteiger partial charge in [0.25, 0.3) is 10.0 Å². The fourth-order valence-corrected chi connectivity index (χ4v) is 4.57. The molecule has 0 fully saturated rings. The topological polar surface area (TPSA) is 64.0 Å². The van der Waals surface area contributed by atoms with Gasteiger partial charge in [0, 0.05) is 18.3 Å². The van der Waals surface area contributed by atoms with E-state index >= 15 is 0 Å². The van der Waals surface area contributed by atoms with Crippen LogP contribution in [0.2, 0.25) is 0 Å². The van der Waals surface area contributed by atoms with Crippen LogP contribution in [0.1, 0.15) is 5.69 Å². The third-order valence-electron chi connectivity index (χ3n) is 3.12. The van der Waals surface area contributed by atoms with Crippen molar-refractivity contribution in [2.75, 3.05) is 7.05 Å². The van der Waals surface area contributed by atoms with Crippen molar-refractivity contribution in [2.45, 2.75) is 10.8 Å². The lowest BCUT2D eigenvalue weighted by Crippen LogP contribution is -2.12. The zero-order valence-electron chi connectivity index (χ0n) is 11.9. The highest BCUT2D eigenvalue weighted by Gasteiger charge is 2.23. The molecule has 3 rings (SSSR count). The Morgan fingerprint density at radius 3 is 2.59 bits per heavy atom. The standard InChI is InChI=1S/C15H15N3O2S2/c1-16-10-13-11-18(22(19,20)14-8-5-9-21-14)15(17-13)12-6-3-2-4-7-12/h2-9,11,16H,10H2,1H3. The summed E-state index contributed by atoms with van der Waals surface area (Å²) in [7, 11) is -1.83. The summed E-state index contributed by atoms with van der Waals surface area (Å²) in [6.45, 7) is 0.507. The van der Waals surface area contributed by atoms with Gasteiger partial charge >= 0.3 is 0 Å². The molecule has 0 aliphatic rings. The molecule has 0 spiro atoms. The summed E-state index contributed by atoms with van der Waals surface area (Å²) in [4.78, 5) is 4.47. The Hall–Kier alpha value is -1.96. The van der Waals surface area contributed by atoms with Gasteiger partial charge < -0.3 is 5.32 Å². The highest BCUT2D eigenvalue weighted by atomic mass is 32.2. The fraction of sp³-hybridized carbons (Fsp3) is 0.133. The Morgan fingerprint density at radius 2 is 1.95 bits per heavy atom. The zero-order chi connectivity index (χ0) is 15.6. The summed E-state index contributed by atoms with van der Waals surface area (Å²) < 4.78 is 27.2. The maximum atomic E-state index is 12.8. The second-order valence-corrected chi connectivity index (χ2v) is 7.67. The second kappa shape index (κ2) is 6.04. The summed E-state index contributed by atoms with van der Waals surface area (Å²) in [5, 5.41) is 4.74. The summed E-state index contributed by atoms with van der Waals surface area (Å²) in [5.74, 6) is 0.430. The first-order chi connectivity index (χ1) is 10.6. The van der Waals surface area contributed by atoms with Crippen LogP contribution in [0.5, 0.6) is 0 Å². The van der Waals surface area contributed by atoms with Gasteiger partial charge in [0.15, 0.2) is 5.82 Å². The number of benzene rings is 1. The third-order valence-corrected chi connectivity index (χ3v) is 6.15. The van der Waals surface area contributed by atoms with Crippen molar-refractivity contribution >= 4 is 21.4 Å². The number of rotatable bonds is 5. The van der Waals surface area contributed by atoms with Crippen LogP contribution in [-0.4, -0.2) is 24.4 Å². The molecule has 0 aliphatic heterocycles. The van der Waals surface area contributed by atoms with Crippen LogP contribution >= 0.6 is 11.3 Å². The van der Waals surface area contributed by atoms with E-state index < -0.39 is 10.0 Å². The minimum atomic E-state index is -3.63. The minimum Gasteiger partial charge on any atom is -0.314 e. The van der Waals surface area contributed by atoms with Crippen molar-refractivity contribution in [3.05, 3.63) is 59.7 Å². The van der Waals surface area contributed by atoms with Crippen molar-refractivity contribution in [1.82, 2.24) is 14.3 Å². The molecule has 22 heavy (non-hydrogen) atoms. The predicted octanol–water partition coefficient (Wildman–Crippen LogP) is 2.57. The Kier molecular flexibility index (Phi) is 4.10. The van der Waals surface area contributed by atoms with Crippen LogP contribution < -0.4 is 5.32 Å². The maximum absolute atomic E-state index is 12.8. The number of imidazole rings is 1. The average molecular weight is 333 g/mol. The molecule has 0 atom stereocenters. The highest BCUT2D eigenvalue weighted by Crippen LogP contribution is 2.26. The maximum Gasteiger partial charge on any atom is 0.278 e. The number of nitrogens with one attached hydrogen (secondary N) is 1. The predicted molar refractivity (Wildman–Crippen MR) is 87.3 cm³/mol. The number of thiophene rings is 1. The quantitative estimate of drug-likeness (QED) is 0.779. The summed E-state index contributed by atoms with van der Waals surface area (Å²) in [6.07, 6.45) is 1.58. The van der Waals surface area contributed by atoms with Gasteiger partial charge in [-0.25, -0.2) is 8.96 Å². The van der Waals surface area contributed by atoms with E-state index in [1.165, 1.54) is 15.3 Å². The third kappa shape index (κ3) is 2.70. The average Bonchev–Trinajstić information content (AvgIpc) is 3.18. The molecule has 0 aliphatic carbocycles. The molecule has 2 heterocycles. The zero-order valence-corrected chi connectivity index (χ0v) is 13.6. The van der Waals surface area contributed by atoms with E-state index in [2.05, 4.69) is 10.3 Å². The van der Waals surface area contributed by atoms with Gasteiger partial charge in [-0.2, -0.15) is 8.42 Å². The normalized spacial score (nSPS) is 11.7. The van der Waals surface area contributed by atoms with Gasteiger partial charge in [-0.05, 0) is 18.5 Å². The monoisotopic (exact) mass is 333 g/mol. The molecule has 1 aromatic carbocycles. The Morgan fingerprint density at radius 1 is 1.18 bits per heavy atom. The van der Waals surface area contributed by atoms with Gasteiger partial charge in [-0.1, -0.05) is 36.4 Å². The summed E-state index contributed by atoms with van der Waals surface area (Å²) in [5.41, 5.74) is 1.45. The van der Waals surface area contributed by atoms with Crippen molar-refractivity contribution in [2.24, 2.45) is 0 Å². The highest BCUT2D eigenvalue weighted by molar-refractivity contribution is 7.92. The molecular formula is C15H15N3O2S2. The molecule has 7 heteroatoms. The van der Waals surface area contributed by atoms with E-state index in [1.54, 1.807) is 30.8 Å². The first-order valence-electron chi connectivity index (χ1n) is 6.70. The smallest absolute Gasteiger partial charge is 0.278 e. The van der Waals surface area contributed by atoms with Crippen LogP contribution in [-0.2, 0) is 16.6 Å². The molecule has 3 aromatic rings. The van der Waals surface area contributed by atoms with Crippen LogP contribution in [0, 0.1) is 0 Å². The van der Waals surface area contributed by atoms with Crippen LogP contribution in [0.25, 0.3) is 11.4 Å². The minimum absolute atomic E-state index is 0.304. The van der Waals surface area contributed by atoms with E-state index in [-0.39, 0.29) is 0 Å². The number of hydrogen-bond donors (Lipinski definition) is 1. The molecule has 0 radical (unpaired) electrons. The van der Waals surface area contributed by atoms with Crippen LogP contribution in [0.3, 0.4) is 0 Å². The first-order valence-corrected chi connectivity index (χ1v) is 9.02. The molecule has 0 saturated heterocycles. The molecule has 1 N–H and O–H groups in total. The van der Waals surface area contributed by atoms with E-state index in [9.17, 15) is 8.42 Å². The lowest BCUT2D eigenvalue weighted by molar-refractivity contribution is 0.590. The van der Waals surface area contributed by atoms with E-state index in [0.717, 1.165) is 5.56 Å². The summed E-state index contributed by atoms with van der Waals surface area (Å²) in [6, 6.07) is 12.7. The number of nitrogens with zero attached hydrogens (tertiary/aromatic N) is 2. The van der Waals surface area contributed by atoms with Gasteiger partial charge in [-0.3, -0.25) is 0 Å². The molecular weight excluding hydrogens is 318 g/mol. The van der Waals surface area contributed by atoms with Crippen molar-refractivity contribution in [3.8, 4) is 11.4 Å². The second-order valence-electron chi connectivity index (χ2n) is 4.69. The molecule has 0 bridgehead atoms. The van der Waals surface area contributed by atoms with Crippen molar-refractivity contribution < 1.29 is 8.42 Å². The molecule has 0 unspecified atom stereocenters. The number of hydrogen-bond acceptors (Lipinski definition) is 5. The van der Waals surface area contributed by atoms with E-state index in [0.29, 0.717) is 22.3 Å². The Bertz CT molecular complexity index is 854. The molecule has 0 amide bonds. The SMILES string of the molecule is CNCc1cn(S(=O)(=O)c2cccs2)c(-c2ccccc2)n1. The van der Waals surface area contributed by atoms with Crippen LogP contribution in [0.4, 0.5) is 0 Å². The molecule has 0 saturated carbocycles. The fourth-order valence-electron chi connectivity index (χ4n) is 2.15. The lowest BCUT2D eigenvalue weighted by Gasteiger charge is -2.07. The van der Waals surface area contributed by atoms with E-state index in [1.807, 2.05) is 30.3 Å². The first kappa shape index (κ1) is 15.0. The van der Waals surface area contributed by atoms with Crippen molar-refractivity contribution in [1.29, 1.82) is 0 Å². The van der Waals surface area contributed by atoms with Crippen molar-refractivity contribution in [3.63, 3.8) is 0 Å².